The zero-order chi connectivity index (χ0) is 23.4. The second kappa shape index (κ2) is 9.65. The molecular formula is C29H34O3. The van der Waals surface area contributed by atoms with Gasteiger partial charge in [0.2, 0.25) is 0 Å². The lowest BCUT2D eigenvalue weighted by atomic mass is 9.56. The number of carbonyl (C=O) groups is 1. The summed E-state index contributed by atoms with van der Waals surface area (Å²) in [4.78, 5) is 11.2. The maximum atomic E-state index is 11.2. The Morgan fingerprint density at radius 3 is 2.38 bits per heavy atom. The Morgan fingerprint density at radius 2 is 1.75 bits per heavy atom. The molecule has 2 aromatic carbocycles. The monoisotopic (exact) mass is 430 g/mol. The van der Waals surface area contributed by atoms with Crippen molar-refractivity contribution in [3.05, 3.63) is 70.8 Å². The van der Waals surface area contributed by atoms with E-state index in [9.17, 15) is 9.90 Å². The highest BCUT2D eigenvalue weighted by atomic mass is 16.5. The fraction of sp³-hybridized carbons (Fsp3) is 0.414. The van der Waals surface area contributed by atoms with E-state index in [1.54, 1.807) is 12.1 Å². The van der Waals surface area contributed by atoms with Crippen LogP contribution < -0.4 is 0 Å². The van der Waals surface area contributed by atoms with Crippen LogP contribution in [0.2, 0.25) is 0 Å². The van der Waals surface area contributed by atoms with Crippen LogP contribution in [0.15, 0.2) is 54.1 Å². The highest BCUT2D eigenvalue weighted by Crippen LogP contribution is 2.56. The summed E-state index contributed by atoms with van der Waals surface area (Å²) in [6.45, 7) is 9.41. The van der Waals surface area contributed by atoms with E-state index in [1.807, 2.05) is 12.1 Å². The molecule has 3 rings (SSSR count). The molecule has 1 N–H and O–H groups in total. The summed E-state index contributed by atoms with van der Waals surface area (Å²) < 4.78 is 4.64. The first kappa shape index (κ1) is 23.7. The van der Waals surface area contributed by atoms with Gasteiger partial charge in [-0.05, 0) is 59.1 Å². The number of methoxy groups -OCH3 is 1. The number of hydrogen-bond donors (Lipinski definition) is 1. The zero-order valence-corrected chi connectivity index (χ0v) is 19.9. The van der Waals surface area contributed by atoms with Crippen LogP contribution in [0.1, 0.15) is 76.0 Å². The molecule has 3 nitrogen and oxygen atoms in total. The average molecular weight is 431 g/mol. The van der Waals surface area contributed by atoms with Crippen LogP contribution in [0.5, 0.6) is 5.75 Å². The molecule has 0 spiro atoms. The summed E-state index contributed by atoms with van der Waals surface area (Å²) >= 11 is 0. The minimum absolute atomic E-state index is 0.107. The molecule has 2 aromatic rings. The van der Waals surface area contributed by atoms with Gasteiger partial charge in [0.25, 0.3) is 0 Å². The number of benzene rings is 2. The van der Waals surface area contributed by atoms with Crippen LogP contribution >= 0.6 is 0 Å². The number of allylic oxidation sites excluding steroid dienone is 1. The minimum atomic E-state index is -0.234. The maximum Gasteiger partial charge on any atom is 0.306 e. The minimum Gasteiger partial charge on any atom is -0.508 e. The van der Waals surface area contributed by atoms with Gasteiger partial charge in [-0.3, -0.25) is 4.79 Å². The van der Waals surface area contributed by atoms with Crippen LogP contribution in [-0.2, 0) is 9.53 Å². The predicted molar refractivity (Wildman–Crippen MR) is 130 cm³/mol. The molecule has 1 fully saturated rings. The lowest BCUT2D eigenvalue weighted by Crippen LogP contribution is -2.36. The Labute approximate surface area is 192 Å². The van der Waals surface area contributed by atoms with Crippen molar-refractivity contribution < 1.29 is 14.6 Å². The molecule has 0 amide bonds. The smallest absolute Gasteiger partial charge is 0.306 e. The molecule has 0 radical (unpaired) electrons. The quantitative estimate of drug-likeness (QED) is 0.433. The topological polar surface area (TPSA) is 46.5 Å². The molecule has 0 aliphatic heterocycles. The third-order valence-electron chi connectivity index (χ3n) is 6.17. The second-order valence-electron chi connectivity index (χ2n) is 10.3. The van der Waals surface area contributed by atoms with Gasteiger partial charge in [-0.25, -0.2) is 0 Å². The van der Waals surface area contributed by atoms with Gasteiger partial charge in [0, 0.05) is 17.9 Å². The molecule has 1 aliphatic carbocycles. The standard InChI is InChI=1S/C29H34O3/c1-28(2)19-24(27(29(3,4)20-28)23-14-16-25(30)17-15-23)18-22-12-10-21(11-13-22)8-6-7-9-26(31)32-5/h10-18,27,30H,7,9,19-20H2,1-5H3. The van der Waals surface area contributed by atoms with Gasteiger partial charge in [-0.1, -0.05) is 75.5 Å². The van der Waals surface area contributed by atoms with Crippen LogP contribution in [0.25, 0.3) is 6.08 Å². The number of phenols is 1. The van der Waals surface area contributed by atoms with Crippen LogP contribution in [0.4, 0.5) is 0 Å². The summed E-state index contributed by atoms with van der Waals surface area (Å²) in [5, 5.41) is 9.76. The summed E-state index contributed by atoms with van der Waals surface area (Å²) in [5.41, 5.74) is 5.12. The first-order valence-electron chi connectivity index (χ1n) is 11.2. The lowest BCUT2D eigenvalue weighted by Gasteiger charge is -2.48. The van der Waals surface area contributed by atoms with Crippen molar-refractivity contribution in [2.24, 2.45) is 10.8 Å². The van der Waals surface area contributed by atoms with Gasteiger partial charge in [0.05, 0.1) is 13.5 Å². The van der Waals surface area contributed by atoms with Gasteiger partial charge in [-0.15, -0.1) is 0 Å². The van der Waals surface area contributed by atoms with E-state index in [0.717, 1.165) is 24.0 Å². The molecule has 168 valence electrons. The zero-order valence-electron chi connectivity index (χ0n) is 19.9. The third-order valence-corrected chi connectivity index (χ3v) is 6.17. The van der Waals surface area contributed by atoms with E-state index in [-0.39, 0.29) is 16.8 Å². The summed E-state index contributed by atoms with van der Waals surface area (Å²) in [6, 6.07) is 16.0. The Kier molecular flexibility index (Phi) is 7.14. The van der Waals surface area contributed by atoms with Gasteiger partial charge < -0.3 is 9.84 Å². The average Bonchev–Trinajstić information content (AvgIpc) is 2.71. The first-order chi connectivity index (χ1) is 15.1. The van der Waals surface area contributed by atoms with Crippen LogP contribution in [0.3, 0.4) is 0 Å². The molecule has 0 bridgehead atoms. The number of aromatic hydroxyl groups is 1. The Bertz CT molecular complexity index is 1030. The Hall–Kier alpha value is -2.99. The number of carbonyl (C=O) groups excluding carboxylic acids is 1. The number of esters is 1. The van der Waals surface area contributed by atoms with Gasteiger partial charge in [0.1, 0.15) is 5.75 Å². The van der Waals surface area contributed by atoms with Crippen molar-refractivity contribution in [2.75, 3.05) is 7.11 Å². The van der Waals surface area contributed by atoms with E-state index in [0.29, 0.717) is 24.5 Å². The number of phenolic OH excluding ortho intramolecular Hbond substituents is 1. The summed E-state index contributed by atoms with van der Waals surface area (Å²) in [7, 11) is 1.39. The molecule has 3 heteroatoms. The van der Waals surface area contributed by atoms with E-state index >= 15 is 0 Å². The first-order valence-corrected chi connectivity index (χ1v) is 11.2. The lowest BCUT2D eigenvalue weighted by molar-refractivity contribution is -0.140. The Balaban J connectivity index is 1.87. The van der Waals surface area contributed by atoms with Crippen LogP contribution in [-0.4, -0.2) is 18.2 Å². The molecule has 1 aliphatic rings. The van der Waals surface area contributed by atoms with E-state index in [4.69, 9.17) is 0 Å². The molecule has 1 unspecified atom stereocenters. The normalized spacial score (nSPS) is 20.3. The van der Waals surface area contributed by atoms with E-state index in [1.165, 1.54) is 18.2 Å². The number of rotatable bonds is 4. The fourth-order valence-corrected chi connectivity index (χ4v) is 5.33. The van der Waals surface area contributed by atoms with Crippen molar-refractivity contribution in [1.29, 1.82) is 0 Å². The molecule has 1 saturated carbocycles. The number of hydrogen-bond acceptors (Lipinski definition) is 3. The maximum absolute atomic E-state index is 11.2. The van der Waals surface area contributed by atoms with Crippen molar-refractivity contribution in [1.82, 2.24) is 0 Å². The molecular weight excluding hydrogens is 396 g/mol. The van der Waals surface area contributed by atoms with E-state index in [2.05, 4.69) is 74.6 Å². The van der Waals surface area contributed by atoms with Crippen molar-refractivity contribution in [3.63, 3.8) is 0 Å². The predicted octanol–water partition coefficient (Wildman–Crippen LogP) is 6.71. The fourth-order valence-electron chi connectivity index (χ4n) is 5.33. The highest BCUT2D eigenvalue weighted by molar-refractivity contribution is 5.69. The van der Waals surface area contributed by atoms with Gasteiger partial charge in [0.15, 0.2) is 0 Å². The molecule has 0 aromatic heterocycles. The Morgan fingerprint density at radius 1 is 1.09 bits per heavy atom. The highest BCUT2D eigenvalue weighted by Gasteiger charge is 2.43. The third kappa shape index (κ3) is 6.04. The second-order valence-corrected chi connectivity index (χ2v) is 10.3. The summed E-state index contributed by atoms with van der Waals surface area (Å²) in [5.74, 6) is 6.52. The molecule has 32 heavy (non-hydrogen) atoms. The van der Waals surface area contributed by atoms with Crippen molar-refractivity contribution >= 4 is 12.0 Å². The molecule has 1 atom stereocenters. The largest absolute Gasteiger partial charge is 0.508 e. The number of ether oxygens (including phenoxy) is 1. The SMILES string of the molecule is COC(=O)CCC#Cc1ccc(C=C2CC(C)(C)CC(C)(C)C2c2ccc(O)cc2)cc1. The van der Waals surface area contributed by atoms with Gasteiger partial charge >= 0.3 is 5.97 Å². The van der Waals surface area contributed by atoms with Crippen LogP contribution in [0, 0.1) is 22.7 Å². The summed E-state index contributed by atoms with van der Waals surface area (Å²) in [6.07, 6.45) is 5.32. The molecule has 0 heterocycles. The molecule has 0 saturated heterocycles. The van der Waals surface area contributed by atoms with Gasteiger partial charge in [-0.2, -0.15) is 0 Å². The van der Waals surface area contributed by atoms with E-state index < -0.39 is 0 Å². The van der Waals surface area contributed by atoms with Crippen molar-refractivity contribution in [3.8, 4) is 17.6 Å². The van der Waals surface area contributed by atoms with Crippen molar-refractivity contribution in [2.45, 2.75) is 59.3 Å².